The lowest BCUT2D eigenvalue weighted by Crippen LogP contribution is -2.38. The molecule has 0 bridgehead atoms. The van der Waals surface area contributed by atoms with Crippen LogP contribution in [0.1, 0.15) is 38.7 Å². The minimum Gasteiger partial charge on any atom is -0.388 e. The van der Waals surface area contributed by atoms with Gasteiger partial charge in [0.2, 0.25) is 0 Å². The molecule has 0 unspecified atom stereocenters. The molecule has 2 nitrogen and oxygen atoms in total. The van der Waals surface area contributed by atoms with Crippen LogP contribution in [0.4, 0.5) is 5.69 Å². The summed E-state index contributed by atoms with van der Waals surface area (Å²) in [7, 11) is 1.96. The van der Waals surface area contributed by atoms with Gasteiger partial charge in [0, 0.05) is 25.8 Å². The molecule has 0 saturated heterocycles. The van der Waals surface area contributed by atoms with Crippen molar-refractivity contribution in [1.82, 2.24) is 5.32 Å². The van der Waals surface area contributed by atoms with Gasteiger partial charge in [-0.15, -0.1) is 0 Å². The molecule has 1 saturated carbocycles. The van der Waals surface area contributed by atoms with Gasteiger partial charge in [0.25, 0.3) is 0 Å². The molecule has 0 amide bonds. The summed E-state index contributed by atoms with van der Waals surface area (Å²) in [6.07, 6.45) is 4.27. The van der Waals surface area contributed by atoms with Crippen molar-refractivity contribution in [3.63, 3.8) is 0 Å². The Hall–Kier alpha value is -1.02. The average Bonchev–Trinajstić information content (AvgIpc) is 2.26. The highest BCUT2D eigenvalue weighted by Crippen LogP contribution is 2.41. The third-order valence-electron chi connectivity index (χ3n) is 4.34. The van der Waals surface area contributed by atoms with Crippen LogP contribution in [0.25, 0.3) is 0 Å². The normalized spacial score (nSPS) is 16.4. The molecule has 2 N–H and O–H groups in total. The number of benzene rings is 1. The summed E-state index contributed by atoms with van der Waals surface area (Å²) < 4.78 is 0. The van der Waals surface area contributed by atoms with Gasteiger partial charge in [0.15, 0.2) is 0 Å². The van der Waals surface area contributed by atoms with Crippen molar-refractivity contribution in [3.8, 4) is 0 Å². The van der Waals surface area contributed by atoms with Gasteiger partial charge in [-0.2, -0.15) is 0 Å². The molecule has 1 aromatic carbocycles. The SMILES string of the molecule is CNc1cccc(CNCC(C)(C)C2CCC2)c1. The number of hydrogen-bond acceptors (Lipinski definition) is 2. The summed E-state index contributed by atoms with van der Waals surface area (Å²) in [5.41, 5.74) is 2.98. The second kappa shape index (κ2) is 5.75. The Labute approximate surface area is 111 Å². The molecule has 0 radical (unpaired) electrons. The Morgan fingerprint density at radius 2 is 2.06 bits per heavy atom. The predicted octanol–water partition coefficient (Wildman–Crippen LogP) is 3.64. The van der Waals surface area contributed by atoms with Gasteiger partial charge < -0.3 is 10.6 Å². The molecule has 18 heavy (non-hydrogen) atoms. The maximum atomic E-state index is 3.61. The van der Waals surface area contributed by atoms with Gasteiger partial charge in [-0.05, 0) is 41.9 Å². The monoisotopic (exact) mass is 246 g/mol. The third kappa shape index (κ3) is 3.26. The van der Waals surface area contributed by atoms with E-state index < -0.39 is 0 Å². The summed E-state index contributed by atoms with van der Waals surface area (Å²) >= 11 is 0. The van der Waals surface area contributed by atoms with Gasteiger partial charge in [0.1, 0.15) is 0 Å². The Morgan fingerprint density at radius 1 is 1.28 bits per heavy atom. The molecule has 0 heterocycles. The lowest BCUT2D eigenvalue weighted by atomic mass is 9.67. The van der Waals surface area contributed by atoms with E-state index in [-0.39, 0.29) is 0 Å². The van der Waals surface area contributed by atoms with E-state index in [1.54, 1.807) is 0 Å². The van der Waals surface area contributed by atoms with E-state index in [0.717, 1.165) is 19.0 Å². The Kier molecular flexibility index (Phi) is 4.28. The number of anilines is 1. The predicted molar refractivity (Wildman–Crippen MR) is 78.8 cm³/mol. The Balaban J connectivity index is 1.80. The fourth-order valence-corrected chi connectivity index (χ4v) is 2.70. The number of rotatable bonds is 6. The van der Waals surface area contributed by atoms with Crippen molar-refractivity contribution in [2.75, 3.05) is 18.9 Å². The molecule has 2 rings (SSSR count). The largest absolute Gasteiger partial charge is 0.388 e. The lowest BCUT2D eigenvalue weighted by Gasteiger charge is -2.40. The minimum absolute atomic E-state index is 0.443. The summed E-state index contributed by atoms with van der Waals surface area (Å²) in [6.45, 7) is 6.87. The van der Waals surface area contributed by atoms with Crippen LogP contribution in [0.3, 0.4) is 0 Å². The number of nitrogens with one attached hydrogen (secondary N) is 2. The van der Waals surface area contributed by atoms with E-state index in [2.05, 4.69) is 48.7 Å². The van der Waals surface area contributed by atoms with Crippen LogP contribution in [0, 0.1) is 11.3 Å². The zero-order valence-corrected chi connectivity index (χ0v) is 11.9. The van der Waals surface area contributed by atoms with Crippen molar-refractivity contribution in [2.45, 2.75) is 39.7 Å². The first kappa shape index (κ1) is 13.4. The van der Waals surface area contributed by atoms with E-state index in [9.17, 15) is 0 Å². The fraction of sp³-hybridized carbons (Fsp3) is 0.625. The van der Waals surface area contributed by atoms with Crippen LogP contribution in [-0.2, 0) is 6.54 Å². The second-order valence-corrected chi connectivity index (χ2v) is 6.17. The number of hydrogen-bond donors (Lipinski definition) is 2. The molecule has 100 valence electrons. The summed E-state index contributed by atoms with van der Waals surface area (Å²) in [6, 6.07) is 8.61. The molecule has 0 spiro atoms. The summed E-state index contributed by atoms with van der Waals surface area (Å²) in [4.78, 5) is 0. The quantitative estimate of drug-likeness (QED) is 0.800. The third-order valence-corrected chi connectivity index (χ3v) is 4.34. The van der Waals surface area contributed by atoms with Crippen LogP contribution < -0.4 is 10.6 Å². The summed E-state index contributed by atoms with van der Waals surface area (Å²) in [5.74, 6) is 0.925. The highest BCUT2D eigenvalue weighted by molar-refractivity contribution is 5.44. The van der Waals surface area contributed by atoms with E-state index in [1.807, 2.05) is 7.05 Å². The average molecular weight is 246 g/mol. The van der Waals surface area contributed by atoms with Crippen molar-refractivity contribution in [2.24, 2.45) is 11.3 Å². The van der Waals surface area contributed by atoms with E-state index in [0.29, 0.717) is 5.41 Å². The van der Waals surface area contributed by atoms with Crippen LogP contribution in [0.2, 0.25) is 0 Å². The second-order valence-electron chi connectivity index (χ2n) is 6.17. The first-order valence-corrected chi connectivity index (χ1v) is 7.09. The van der Waals surface area contributed by atoms with Gasteiger partial charge in [-0.3, -0.25) is 0 Å². The highest BCUT2D eigenvalue weighted by Gasteiger charge is 2.33. The Bertz CT molecular complexity index is 380. The summed E-state index contributed by atoms with van der Waals surface area (Å²) in [5, 5.41) is 6.80. The molecule has 1 aromatic rings. The highest BCUT2D eigenvalue weighted by atomic mass is 14.9. The minimum atomic E-state index is 0.443. The van der Waals surface area contributed by atoms with Crippen LogP contribution >= 0.6 is 0 Å². The maximum absolute atomic E-state index is 3.61. The molecule has 0 aromatic heterocycles. The standard InChI is InChI=1S/C16H26N2/c1-16(2,14-7-5-8-14)12-18-11-13-6-4-9-15(10-13)17-3/h4,6,9-10,14,17-18H,5,7-8,11-12H2,1-3H3. The molecule has 2 heteroatoms. The van der Waals surface area contributed by atoms with Crippen LogP contribution in [0.5, 0.6) is 0 Å². The van der Waals surface area contributed by atoms with E-state index in [1.165, 1.54) is 30.5 Å². The smallest absolute Gasteiger partial charge is 0.0340 e. The van der Waals surface area contributed by atoms with E-state index >= 15 is 0 Å². The maximum Gasteiger partial charge on any atom is 0.0340 e. The first-order chi connectivity index (χ1) is 8.62. The van der Waals surface area contributed by atoms with Gasteiger partial charge in [0.05, 0.1) is 0 Å². The van der Waals surface area contributed by atoms with Crippen molar-refractivity contribution < 1.29 is 0 Å². The first-order valence-electron chi connectivity index (χ1n) is 7.09. The lowest BCUT2D eigenvalue weighted by molar-refractivity contribution is 0.118. The zero-order valence-electron chi connectivity index (χ0n) is 11.9. The van der Waals surface area contributed by atoms with Crippen LogP contribution in [-0.4, -0.2) is 13.6 Å². The van der Waals surface area contributed by atoms with E-state index in [4.69, 9.17) is 0 Å². The van der Waals surface area contributed by atoms with Crippen LogP contribution in [0.15, 0.2) is 24.3 Å². The van der Waals surface area contributed by atoms with Gasteiger partial charge in [-0.25, -0.2) is 0 Å². The van der Waals surface area contributed by atoms with Gasteiger partial charge in [-0.1, -0.05) is 32.4 Å². The Morgan fingerprint density at radius 3 is 2.67 bits per heavy atom. The topological polar surface area (TPSA) is 24.1 Å². The fourth-order valence-electron chi connectivity index (χ4n) is 2.70. The molecule has 0 atom stereocenters. The molecule has 0 aliphatic heterocycles. The zero-order chi connectivity index (χ0) is 13.0. The molecular weight excluding hydrogens is 220 g/mol. The van der Waals surface area contributed by atoms with Crippen molar-refractivity contribution in [3.05, 3.63) is 29.8 Å². The molecule has 1 fully saturated rings. The molecular formula is C16H26N2. The van der Waals surface area contributed by atoms with Crippen molar-refractivity contribution in [1.29, 1.82) is 0 Å². The molecule has 1 aliphatic rings. The van der Waals surface area contributed by atoms with Crippen molar-refractivity contribution >= 4 is 5.69 Å². The molecule has 1 aliphatic carbocycles. The van der Waals surface area contributed by atoms with Gasteiger partial charge >= 0.3 is 0 Å².